The zero-order valence-corrected chi connectivity index (χ0v) is 11.9. The minimum atomic E-state index is -3.63. The molecule has 1 aromatic rings. The van der Waals surface area contributed by atoms with E-state index in [2.05, 4.69) is 10.6 Å². The largest absolute Gasteiger partial charge is 0.338 e. The predicted octanol–water partition coefficient (Wildman–Crippen LogP) is 0.728. The van der Waals surface area contributed by atoms with Crippen LogP contribution in [0.5, 0.6) is 0 Å². The first-order valence-electron chi connectivity index (χ1n) is 6.61. The molecule has 1 aliphatic rings. The van der Waals surface area contributed by atoms with Crippen molar-refractivity contribution < 1.29 is 13.2 Å². The Kier molecular flexibility index (Phi) is 4.61. The molecule has 0 bridgehead atoms. The van der Waals surface area contributed by atoms with Crippen molar-refractivity contribution in [2.45, 2.75) is 36.6 Å². The maximum Gasteiger partial charge on any atom is 0.315 e. The highest BCUT2D eigenvalue weighted by molar-refractivity contribution is 7.89. The summed E-state index contributed by atoms with van der Waals surface area (Å²) in [7, 11) is -3.63. The number of urea groups is 1. The average Bonchev–Trinajstić information content (AvgIpc) is 3.18. The quantitative estimate of drug-likeness (QED) is 0.675. The van der Waals surface area contributed by atoms with Gasteiger partial charge in [-0.3, -0.25) is 0 Å². The SMILES string of the molecule is NS(=O)(=O)c1ccc(CCCNC(=O)NC2CC2)cc1. The van der Waals surface area contributed by atoms with Gasteiger partial charge in [0.2, 0.25) is 10.0 Å². The summed E-state index contributed by atoms with van der Waals surface area (Å²) in [6, 6.07) is 6.72. The molecule has 2 amide bonds. The van der Waals surface area contributed by atoms with Gasteiger partial charge in [0.15, 0.2) is 0 Å². The van der Waals surface area contributed by atoms with E-state index in [1.54, 1.807) is 12.1 Å². The van der Waals surface area contributed by atoms with Gasteiger partial charge < -0.3 is 10.6 Å². The lowest BCUT2D eigenvalue weighted by atomic mass is 10.1. The first kappa shape index (κ1) is 14.8. The van der Waals surface area contributed by atoms with Crippen LogP contribution in [0.2, 0.25) is 0 Å². The maximum absolute atomic E-state index is 11.4. The van der Waals surface area contributed by atoms with Crippen LogP contribution in [0.25, 0.3) is 0 Å². The molecule has 0 radical (unpaired) electrons. The van der Waals surface area contributed by atoms with E-state index in [9.17, 15) is 13.2 Å². The van der Waals surface area contributed by atoms with Crippen LogP contribution in [-0.4, -0.2) is 27.0 Å². The third-order valence-electron chi connectivity index (χ3n) is 3.09. The van der Waals surface area contributed by atoms with Crippen molar-refractivity contribution in [1.82, 2.24) is 10.6 Å². The molecule has 110 valence electrons. The molecule has 2 rings (SSSR count). The van der Waals surface area contributed by atoms with E-state index in [1.807, 2.05) is 0 Å². The lowest BCUT2D eigenvalue weighted by molar-refractivity contribution is 0.240. The first-order valence-corrected chi connectivity index (χ1v) is 8.16. The predicted molar refractivity (Wildman–Crippen MR) is 75.7 cm³/mol. The van der Waals surface area contributed by atoms with Gasteiger partial charge in [0.25, 0.3) is 0 Å². The summed E-state index contributed by atoms with van der Waals surface area (Å²) in [4.78, 5) is 11.5. The Labute approximate surface area is 118 Å². The van der Waals surface area contributed by atoms with Crippen molar-refractivity contribution in [3.63, 3.8) is 0 Å². The van der Waals surface area contributed by atoms with E-state index in [0.29, 0.717) is 12.6 Å². The summed E-state index contributed by atoms with van der Waals surface area (Å²) in [6.07, 6.45) is 3.72. The lowest BCUT2D eigenvalue weighted by Gasteiger charge is -2.06. The van der Waals surface area contributed by atoms with Gasteiger partial charge in [0, 0.05) is 12.6 Å². The van der Waals surface area contributed by atoms with Crippen LogP contribution in [0.3, 0.4) is 0 Å². The van der Waals surface area contributed by atoms with E-state index in [0.717, 1.165) is 31.2 Å². The number of benzene rings is 1. The first-order chi connectivity index (χ1) is 9.45. The van der Waals surface area contributed by atoms with Gasteiger partial charge >= 0.3 is 6.03 Å². The maximum atomic E-state index is 11.4. The van der Waals surface area contributed by atoms with Crippen LogP contribution in [0, 0.1) is 0 Å². The van der Waals surface area contributed by atoms with Crippen molar-refractivity contribution in [3.05, 3.63) is 29.8 Å². The molecule has 20 heavy (non-hydrogen) atoms. The van der Waals surface area contributed by atoms with Gasteiger partial charge in [-0.15, -0.1) is 0 Å². The van der Waals surface area contributed by atoms with Crippen LogP contribution in [-0.2, 0) is 16.4 Å². The fourth-order valence-electron chi connectivity index (χ4n) is 1.80. The number of amides is 2. The number of carbonyl (C=O) groups is 1. The average molecular weight is 297 g/mol. The second-order valence-electron chi connectivity index (χ2n) is 4.97. The molecule has 1 aromatic carbocycles. The Hall–Kier alpha value is -1.60. The molecule has 6 nitrogen and oxygen atoms in total. The second kappa shape index (κ2) is 6.23. The van der Waals surface area contributed by atoms with Crippen molar-refractivity contribution in [1.29, 1.82) is 0 Å². The normalized spacial score (nSPS) is 14.8. The highest BCUT2D eigenvalue weighted by atomic mass is 32.2. The van der Waals surface area contributed by atoms with Crippen LogP contribution >= 0.6 is 0 Å². The van der Waals surface area contributed by atoms with E-state index in [4.69, 9.17) is 5.14 Å². The summed E-state index contributed by atoms with van der Waals surface area (Å²) in [5.74, 6) is 0. The standard InChI is InChI=1S/C13H19N3O3S/c14-20(18,19)12-7-3-10(4-8-12)2-1-9-15-13(17)16-11-5-6-11/h3-4,7-8,11H,1-2,5-6,9H2,(H2,14,18,19)(H2,15,16,17). The van der Waals surface area contributed by atoms with Crippen molar-refractivity contribution in [2.24, 2.45) is 5.14 Å². The fourth-order valence-corrected chi connectivity index (χ4v) is 2.32. The zero-order chi connectivity index (χ0) is 14.6. The van der Waals surface area contributed by atoms with Crippen LogP contribution in [0.15, 0.2) is 29.2 Å². The lowest BCUT2D eigenvalue weighted by Crippen LogP contribution is -2.37. The van der Waals surface area contributed by atoms with Crippen molar-refractivity contribution in [3.8, 4) is 0 Å². The minimum Gasteiger partial charge on any atom is -0.338 e. The monoisotopic (exact) mass is 297 g/mol. The third-order valence-corrected chi connectivity index (χ3v) is 4.02. The summed E-state index contributed by atoms with van der Waals surface area (Å²) >= 11 is 0. The Bertz CT molecular complexity index is 565. The third kappa shape index (κ3) is 4.82. The van der Waals surface area contributed by atoms with Gasteiger partial charge in [-0.25, -0.2) is 18.4 Å². The molecule has 1 aliphatic carbocycles. The molecule has 0 saturated heterocycles. The van der Waals surface area contributed by atoms with Gasteiger partial charge in [-0.05, 0) is 43.4 Å². The number of aryl methyl sites for hydroxylation is 1. The highest BCUT2D eigenvalue weighted by Crippen LogP contribution is 2.18. The topological polar surface area (TPSA) is 101 Å². The van der Waals surface area contributed by atoms with Crippen LogP contribution < -0.4 is 15.8 Å². The number of nitrogens with two attached hydrogens (primary N) is 1. The number of rotatable bonds is 6. The molecule has 0 aliphatic heterocycles. The molecule has 7 heteroatoms. The Morgan fingerprint density at radius 3 is 2.45 bits per heavy atom. The van der Waals surface area contributed by atoms with Crippen LogP contribution in [0.4, 0.5) is 4.79 Å². The number of primary sulfonamides is 1. The molecule has 1 saturated carbocycles. The molecule has 0 aromatic heterocycles. The fraction of sp³-hybridized carbons (Fsp3) is 0.462. The van der Waals surface area contributed by atoms with Crippen molar-refractivity contribution >= 4 is 16.1 Å². The molecular weight excluding hydrogens is 278 g/mol. The number of nitrogens with one attached hydrogen (secondary N) is 2. The molecular formula is C13H19N3O3S. The van der Waals surface area contributed by atoms with E-state index >= 15 is 0 Å². The molecule has 0 heterocycles. The molecule has 0 atom stereocenters. The van der Waals surface area contributed by atoms with Gasteiger partial charge in [0.1, 0.15) is 0 Å². The highest BCUT2D eigenvalue weighted by Gasteiger charge is 2.22. The summed E-state index contributed by atoms with van der Waals surface area (Å²) in [6.45, 7) is 0.593. The zero-order valence-electron chi connectivity index (χ0n) is 11.1. The number of hydrogen-bond acceptors (Lipinski definition) is 3. The Morgan fingerprint density at radius 2 is 1.90 bits per heavy atom. The van der Waals surface area contributed by atoms with Gasteiger partial charge in [-0.2, -0.15) is 0 Å². The van der Waals surface area contributed by atoms with E-state index < -0.39 is 10.0 Å². The van der Waals surface area contributed by atoms with Crippen molar-refractivity contribution in [2.75, 3.05) is 6.54 Å². The van der Waals surface area contributed by atoms with Crippen LogP contribution in [0.1, 0.15) is 24.8 Å². The molecule has 0 spiro atoms. The van der Waals surface area contributed by atoms with Gasteiger partial charge in [-0.1, -0.05) is 12.1 Å². The summed E-state index contributed by atoms with van der Waals surface area (Å²) in [5, 5.41) is 10.7. The Morgan fingerprint density at radius 1 is 1.25 bits per heavy atom. The summed E-state index contributed by atoms with van der Waals surface area (Å²) < 4.78 is 22.2. The number of sulfonamides is 1. The number of carbonyl (C=O) groups excluding carboxylic acids is 1. The molecule has 4 N–H and O–H groups in total. The number of hydrogen-bond donors (Lipinski definition) is 3. The minimum absolute atomic E-state index is 0.114. The van der Waals surface area contributed by atoms with E-state index in [-0.39, 0.29) is 10.9 Å². The van der Waals surface area contributed by atoms with Gasteiger partial charge in [0.05, 0.1) is 4.90 Å². The summed E-state index contributed by atoms with van der Waals surface area (Å²) in [5.41, 5.74) is 1.02. The van der Waals surface area contributed by atoms with E-state index in [1.165, 1.54) is 12.1 Å². The molecule has 1 fully saturated rings. The second-order valence-corrected chi connectivity index (χ2v) is 6.53. The Balaban J connectivity index is 1.69. The smallest absolute Gasteiger partial charge is 0.315 e. The molecule has 0 unspecified atom stereocenters.